The van der Waals surface area contributed by atoms with Gasteiger partial charge >= 0.3 is 5.97 Å². The number of carbonyl (C=O) groups is 2. The predicted molar refractivity (Wildman–Crippen MR) is 134 cm³/mol. The number of hydrogen-bond donors (Lipinski definition) is 1. The summed E-state index contributed by atoms with van der Waals surface area (Å²) in [6, 6.07) is 12.3. The van der Waals surface area contributed by atoms with Crippen LogP contribution >= 0.6 is 11.8 Å². The molecule has 0 saturated heterocycles. The Morgan fingerprint density at radius 3 is 2.59 bits per heavy atom. The standard InChI is InChI=1S/C25H24N4O4S/c1-5-32-21-13-16(12-19-22(26)29-25(27-23(19)30)34-15(4)28-29)6-11-20(21)33-24(31)18-9-7-17(8-10-18)14(2)3/h6-14,26H,5H2,1-4H3. The van der Waals surface area contributed by atoms with Crippen LogP contribution in [0.25, 0.3) is 6.08 Å². The minimum Gasteiger partial charge on any atom is -0.490 e. The summed E-state index contributed by atoms with van der Waals surface area (Å²) in [4.78, 5) is 29.2. The van der Waals surface area contributed by atoms with Crippen LogP contribution in [0, 0.1) is 5.41 Å². The molecule has 2 aromatic rings. The molecule has 1 amide bonds. The Hall–Kier alpha value is -3.72. The molecule has 9 heteroatoms. The van der Waals surface area contributed by atoms with Gasteiger partial charge in [0.05, 0.1) is 22.8 Å². The Morgan fingerprint density at radius 1 is 1.18 bits per heavy atom. The second-order valence-electron chi connectivity index (χ2n) is 7.94. The van der Waals surface area contributed by atoms with E-state index in [1.165, 1.54) is 16.8 Å². The van der Waals surface area contributed by atoms with E-state index in [1.807, 2.05) is 19.1 Å². The molecule has 0 saturated carbocycles. The number of amidine groups is 2. The van der Waals surface area contributed by atoms with Crippen molar-refractivity contribution in [2.45, 2.75) is 33.6 Å². The Kier molecular flexibility index (Phi) is 6.65. The summed E-state index contributed by atoms with van der Waals surface area (Å²) in [7, 11) is 0. The highest BCUT2D eigenvalue weighted by molar-refractivity contribution is 8.26. The zero-order valence-corrected chi connectivity index (χ0v) is 20.1. The molecule has 0 aliphatic carbocycles. The van der Waals surface area contributed by atoms with Gasteiger partial charge in [0.15, 0.2) is 17.3 Å². The van der Waals surface area contributed by atoms with Gasteiger partial charge < -0.3 is 9.47 Å². The smallest absolute Gasteiger partial charge is 0.343 e. The lowest BCUT2D eigenvalue weighted by Crippen LogP contribution is -2.35. The number of nitrogens with one attached hydrogen (secondary N) is 1. The number of esters is 1. The van der Waals surface area contributed by atoms with Crippen LogP contribution in [0.2, 0.25) is 0 Å². The highest BCUT2D eigenvalue weighted by atomic mass is 32.2. The fraction of sp³-hybridized carbons (Fsp3) is 0.240. The van der Waals surface area contributed by atoms with Crippen molar-refractivity contribution < 1.29 is 19.1 Å². The van der Waals surface area contributed by atoms with Crippen molar-refractivity contribution in [1.29, 1.82) is 5.41 Å². The number of aliphatic imine (C=N–C) groups is 1. The molecule has 0 radical (unpaired) electrons. The average molecular weight is 477 g/mol. The minimum absolute atomic E-state index is 0.0438. The van der Waals surface area contributed by atoms with Gasteiger partial charge in [0, 0.05) is 0 Å². The molecule has 34 heavy (non-hydrogen) atoms. The van der Waals surface area contributed by atoms with Crippen LogP contribution in [0.1, 0.15) is 55.1 Å². The molecule has 0 spiro atoms. The van der Waals surface area contributed by atoms with Crippen LogP contribution in [0.5, 0.6) is 11.5 Å². The summed E-state index contributed by atoms with van der Waals surface area (Å²) in [6.45, 7) is 8.15. The number of rotatable bonds is 6. The molecule has 0 unspecified atom stereocenters. The van der Waals surface area contributed by atoms with E-state index in [0.29, 0.717) is 39.6 Å². The Labute approximate surface area is 201 Å². The second kappa shape index (κ2) is 9.64. The van der Waals surface area contributed by atoms with Crippen LogP contribution in [-0.2, 0) is 4.79 Å². The van der Waals surface area contributed by atoms with E-state index >= 15 is 0 Å². The van der Waals surface area contributed by atoms with Crippen LogP contribution < -0.4 is 9.47 Å². The molecule has 0 atom stereocenters. The molecule has 2 heterocycles. The van der Waals surface area contributed by atoms with Crippen LogP contribution in [0.15, 0.2) is 58.1 Å². The average Bonchev–Trinajstić information content (AvgIpc) is 3.18. The molecular formula is C25H24N4O4S. The highest BCUT2D eigenvalue weighted by Gasteiger charge is 2.34. The lowest BCUT2D eigenvalue weighted by Gasteiger charge is -2.20. The number of amides is 1. The van der Waals surface area contributed by atoms with Crippen molar-refractivity contribution in [1.82, 2.24) is 5.01 Å². The third-order valence-corrected chi connectivity index (χ3v) is 5.97. The van der Waals surface area contributed by atoms with Gasteiger partial charge in [0.1, 0.15) is 0 Å². The fourth-order valence-electron chi connectivity index (χ4n) is 3.38. The molecule has 4 rings (SSSR count). The highest BCUT2D eigenvalue weighted by Crippen LogP contribution is 2.32. The van der Waals surface area contributed by atoms with Crippen molar-refractivity contribution in [3.63, 3.8) is 0 Å². The summed E-state index contributed by atoms with van der Waals surface area (Å²) in [6.07, 6.45) is 1.55. The Bertz CT molecular complexity index is 1260. The largest absolute Gasteiger partial charge is 0.490 e. The maximum atomic E-state index is 12.7. The maximum Gasteiger partial charge on any atom is 0.343 e. The Balaban J connectivity index is 1.59. The van der Waals surface area contributed by atoms with Crippen LogP contribution in [-0.4, -0.2) is 39.5 Å². The predicted octanol–water partition coefficient (Wildman–Crippen LogP) is 5.07. The topological polar surface area (TPSA) is 104 Å². The molecule has 0 bridgehead atoms. The van der Waals surface area contributed by atoms with Gasteiger partial charge in [0.25, 0.3) is 5.91 Å². The molecule has 0 fully saturated rings. The van der Waals surface area contributed by atoms with Gasteiger partial charge in [-0.25, -0.2) is 4.79 Å². The summed E-state index contributed by atoms with van der Waals surface area (Å²) in [5.41, 5.74) is 2.29. The van der Waals surface area contributed by atoms with E-state index in [1.54, 1.807) is 43.3 Å². The number of hydrogen-bond acceptors (Lipinski definition) is 7. The second-order valence-corrected chi connectivity index (χ2v) is 9.10. The molecule has 174 valence electrons. The van der Waals surface area contributed by atoms with Crippen molar-refractivity contribution in [3.8, 4) is 11.5 Å². The number of fused-ring (bicyclic) bond motifs is 1. The monoisotopic (exact) mass is 476 g/mol. The zero-order chi connectivity index (χ0) is 24.4. The number of nitrogens with zero attached hydrogens (tertiary/aromatic N) is 3. The van der Waals surface area contributed by atoms with Gasteiger partial charge in [-0.15, -0.1) is 0 Å². The first-order valence-electron chi connectivity index (χ1n) is 10.8. The van der Waals surface area contributed by atoms with Crippen molar-refractivity contribution in [2.24, 2.45) is 10.1 Å². The van der Waals surface area contributed by atoms with E-state index in [0.717, 1.165) is 5.56 Å². The van der Waals surface area contributed by atoms with Crippen LogP contribution in [0.3, 0.4) is 0 Å². The zero-order valence-electron chi connectivity index (χ0n) is 19.3. The van der Waals surface area contributed by atoms with Crippen LogP contribution in [0.4, 0.5) is 0 Å². The van der Waals surface area contributed by atoms with Gasteiger partial charge in [-0.2, -0.15) is 15.1 Å². The lowest BCUT2D eigenvalue weighted by atomic mass is 10.0. The molecule has 0 aromatic heterocycles. The molecule has 2 aromatic carbocycles. The third kappa shape index (κ3) is 4.79. The summed E-state index contributed by atoms with van der Waals surface area (Å²) < 4.78 is 11.3. The lowest BCUT2D eigenvalue weighted by molar-refractivity contribution is -0.114. The number of ether oxygens (including phenoxy) is 2. The SMILES string of the molecule is CCOc1cc(C=C2C(=N)N3N=C(C)SC3=NC2=O)ccc1OC(=O)c1ccc(C(C)C)cc1. The van der Waals surface area contributed by atoms with Gasteiger partial charge in [-0.1, -0.05) is 32.0 Å². The van der Waals surface area contributed by atoms with E-state index < -0.39 is 11.9 Å². The van der Waals surface area contributed by atoms with Crippen molar-refractivity contribution >= 4 is 45.8 Å². The number of hydrazone groups is 1. The molecule has 1 N–H and O–H groups in total. The van der Waals surface area contributed by atoms with Gasteiger partial charge in [0.2, 0.25) is 5.17 Å². The number of carbonyl (C=O) groups excluding carboxylic acids is 2. The molecule has 8 nitrogen and oxygen atoms in total. The van der Waals surface area contributed by atoms with Crippen molar-refractivity contribution in [3.05, 3.63) is 64.7 Å². The summed E-state index contributed by atoms with van der Waals surface area (Å²) in [5.74, 6) is -0.0546. The third-order valence-electron chi connectivity index (χ3n) is 5.15. The Morgan fingerprint density at radius 2 is 1.91 bits per heavy atom. The first-order valence-corrected chi connectivity index (χ1v) is 11.6. The normalized spacial score (nSPS) is 16.5. The first kappa shape index (κ1) is 23.4. The van der Waals surface area contributed by atoms with Crippen molar-refractivity contribution in [2.75, 3.05) is 6.61 Å². The minimum atomic E-state index is -0.507. The molecule has 2 aliphatic heterocycles. The molecule has 2 aliphatic rings. The number of thioether (sulfide) groups is 1. The van der Waals surface area contributed by atoms with E-state index in [4.69, 9.17) is 14.9 Å². The fourth-order valence-corrected chi connectivity index (χ4v) is 4.12. The first-order chi connectivity index (χ1) is 16.3. The number of benzene rings is 2. The van der Waals surface area contributed by atoms with Gasteiger partial charge in [-0.3, -0.25) is 10.2 Å². The maximum absolute atomic E-state index is 12.7. The molecular weight excluding hydrogens is 452 g/mol. The quantitative estimate of drug-likeness (QED) is 0.355. The van der Waals surface area contributed by atoms with Gasteiger partial charge in [-0.05, 0) is 73.0 Å². The van der Waals surface area contributed by atoms with E-state index in [9.17, 15) is 9.59 Å². The van der Waals surface area contributed by atoms with E-state index in [-0.39, 0.29) is 17.2 Å². The summed E-state index contributed by atoms with van der Waals surface area (Å²) >= 11 is 1.25. The van der Waals surface area contributed by atoms with E-state index in [2.05, 4.69) is 23.9 Å². The summed E-state index contributed by atoms with van der Waals surface area (Å²) in [5, 5.41) is 15.1.